The lowest BCUT2D eigenvalue weighted by atomic mass is 9.46. The molecule has 1 heterocycles. The van der Waals surface area contributed by atoms with E-state index in [0.717, 1.165) is 75.5 Å². The monoisotopic (exact) mass is 907 g/mol. The first kappa shape index (κ1) is 59.9. The van der Waals surface area contributed by atoms with Crippen LogP contribution in [-0.2, 0) is 38.1 Å². The number of esters is 4. The summed E-state index contributed by atoms with van der Waals surface area (Å²) in [5.41, 5.74) is -2.20. The summed E-state index contributed by atoms with van der Waals surface area (Å²) >= 11 is 0. The van der Waals surface area contributed by atoms with Gasteiger partial charge >= 0.3 is 23.9 Å². The lowest BCUT2D eigenvalue weighted by Gasteiger charge is -2.61. The summed E-state index contributed by atoms with van der Waals surface area (Å²) in [5.74, 6) is 4.17. The van der Waals surface area contributed by atoms with Gasteiger partial charge in [-0.2, -0.15) is 0 Å². The van der Waals surface area contributed by atoms with E-state index in [2.05, 4.69) is 20.8 Å². The molecule has 10 saturated carbocycles. The van der Waals surface area contributed by atoms with Crippen molar-refractivity contribution in [2.45, 2.75) is 259 Å². The van der Waals surface area contributed by atoms with Crippen molar-refractivity contribution in [2.24, 2.45) is 69.0 Å². The molecule has 9 nitrogen and oxygen atoms in total. The number of aliphatic hydroxyl groups is 1. The highest BCUT2D eigenvalue weighted by atomic mass is 16.6. The van der Waals surface area contributed by atoms with E-state index in [1.165, 1.54) is 44.9 Å². The van der Waals surface area contributed by atoms with Gasteiger partial charge < -0.3 is 24.1 Å². The van der Waals surface area contributed by atoms with Crippen molar-refractivity contribution in [1.82, 2.24) is 0 Å². The van der Waals surface area contributed by atoms with Gasteiger partial charge in [0.1, 0.15) is 23.4 Å². The molecular weight excluding hydrogens is 805 g/mol. The highest BCUT2D eigenvalue weighted by molar-refractivity contribution is 5.79. The molecule has 0 spiro atoms. The largest absolute Gasteiger partial charge is 0.459 e. The van der Waals surface area contributed by atoms with Crippen LogP contribution >= 0.6 is 0 Å². The zero-order chi connectivity index (χ0) is 42.4. The van der Waals surface area contributed by atoms with Crippen LogP contribution in [0.3, 0.4) is 0 Å². The molecule has 0 amide bonds. The topological polar surface area (TPSA) is 125 Å². The van der Waals surface area contributed by atoms with E-state index in [4.69, 9.17) is 18.9 Å². The molecule has 7 atom stereocenters. The third-order valence-corrected chi connectivity index (χ3v) is 17.9. The van der Waals surface area contributed by atoms with E-state index < -0.39 is 16.4 Å². The zero-order valence-corrected chi connectivity index (χ0v) is 38.0. The molecule has 10 bridgehead atoms. The third-order valence-electron chi connectivity index (χ3n) is 17.9. The number of hydrogen-bond donors (Lipinski definition) is 1. The molecule has 1 saturated heterocycles. The van der Waals surface area contributed by atoms with E-state index in [-0.39, 0.29) is 109 Å². The molecule has 1 aliphatic heterocycles. The van der Waals surface area contributed by atoms with Crippen LogP contribution < -0.4 is 0 Å². The van der Waals surface area contributed by atoms with Gasteiger partial charge in [0, 0.05) is 23.7 Å². The maximum atomic E-state index is 12.6. The molecule has 0 aromatic heterocycles. The molecule has 11 aliphatic rings. The van der Waals surface area contributed by atoms with Gasteiger partial charge in [-0.1, -0.05) is 65.3 Å². The number of rotatable bonds is 10. The molecule has 64 heavy (non-hydrogen) atoms. The molecule has 0 radical (unpaired) electrons. The van der Waals surface area contributed by atoms with Gasteiger partial charge in [0.15, 0.2) is 0 Å². The Labute approximate surface area is 393 Å². The Morgan fingerprint density at radius 1 is 0.609 bits per heavy atom. The predicted molar refractivity (Wildman–Crippen MR) is 261 cm³/mol. The summed E-state index contributed by atoms with van der Waals surface area (Å²) in [7, 11) is 0. The smallest absolute Gasteiger partial charge is 0.312 e. The van der Waals surface area contributed by atoms with Crippen LogP contribution in [0.25, 0.3) is 0 Å². The zero-order valence-electron chi connectivity index (χ0n) is 38.0. The number of fused-ring (bicyclic) bond motifs is 1. The Bertz CT molecular complexity index is 1560. The molecule has 376 valence electrons. The minimum Gasteiger partial charge on any atom is -0.459 e. The second kappa shape index (κ2) is 20.6. The van der Waals surface area contributed by atoms with Gasteiger partial charge in [-0.15, -0.1) is 0 Å². The normalized spacial score (nSPS) is 37.4. The van der Waals surface area contributed by atoms with Gasteiger partial charge in [-0.05, 0) is 188 Å². The highest BCUT2D eigenvalue weighted by Gasteiger charge is 2.64. The van der Waals surface area contributed by atoms with Gasteiger partial charge in [0.25, 0.3) is 0 Å². The second-order valence-corrected chi connectivity index (χ2v) is 23.8. The standard InChI is InChI=1S/C19H32O2.C16H26O3.C14H20O4.6CH4/c1-6-17(2,3)16(20)21-18(4,5)19-10-13-7-14(11-19)9-15(8-13)12-19;1-4-14(2,3)13(17)19-16-8-11-5-12(9-16)7-15(18,6-11)10-16;1-4-14(2,3)13(16)18-10-7-5-8-9(6-7)12(15)17-11(8)10;;;;;;/h13-15H,6-12H2,1-5H3;11-12,18H,4-10H2,1-3H3;7-11H,4-6H2,1-3H3;6*1H4. The van der Waals surface area contributed by atoms with Crippen LogP contribution in [0, 0.1) is 69.0 Å². The summed E-state index contributed by atoms with van der Waals surface area (Å²) in [4.78, 5) is 48.7. The van der Waals surface area contributed by atoms with Gasteiger partial charge in [0.2, 0.25) is 0 Å². The van der Waals surface area contributed by atoms with Gasteiger partial charge in [0.05, 0.1) is 27.8 Å². The highest BCUT2D eigenvalue weighted by Crippen LogP contribution is 2.65. The van der Waals surface area contributed by atoms with Crippen LogP contribution in [-0.4, -0.2) is 58.0 Å². The molecule has 11 fully saturated rings. The molecule has 0 aromatic carbocycles. The Hall–Kier alpha value is -2.16. The van der Waals surface area contributed by atoms with Gasteiger partial charge in [-0.25, -0.2) is 0 Å². The van der Waals surface area contributed by atoms with Crippen LogP contribution in [0.5, 0.6) is 0 Å². The summed E-state index contributed by atoms with van der Waals surface area (Å²) < 4.78 is 23.2. The number of hydrogen-bond acceptors (Lipinski definition) is 9. The molecule has 7 unspecified atom stereocenters. The minimum absolute atomic E-state index is 0. The van der Waals surface area contributed by atoms with Crippen molar-refractivity contribution in [3.8, 4) is 0 Å². The van der Waals surface area contributed by atoms with E-state index in [9.17, 15) is 24.3 Å². The van der Waals surface area contributed by atoms with Crippen molar-refractivity contribution in [1.29, 1.82) is 0 Å². The maximum Gasteiger partial charge on any atom is 0.312 e. The van der Waals surface area contributed by atoms with E-state index in [0.29, 0.717) is 30.1 Å². The molecule has 9 heteroatoms. The van der Waals surface area contributed by atoms with Crippen molar-refractivity contribution >= 4 is 23.9 Å². The van der Waals surface area contributed by atoms with Crippen molar-refractivity contribution in [3.63, 3.8) is 0 Å². The Morgan fingerprint density at radius 2 is 1.05 bits per heavy atom. The SMILES string of the molecule is C.C.C.C.C.C.CCC(C)(C)C(=O)OC(C)(C)C12CC3CC(CC(C3)C1)C2.CCC(C)(C)C(=O)OC12CC3CC(CC(O)(C3)C1)C2.CCC(C)(C)C(=O)OC1C2CC3C(=O)OC1C3C2. The Morgan fingerprint density at radius 3 is 1.50 bits per heavy atom. The lowest BCUT2D eigenvalue weighted by molar-refractivity contribution is -0.225. The average Bonchev–Trinajstić information content (AvgIpc) is 3.76. The first-order chi connectivity index (χ1) is 26.9. The first-order valence-corrected chi connectivity index (χ1v) is 23.5. The number of ether oxygens (including phenoxy) is 4. The Kier molecular flexibility index (Phi) is 19.3. The summed E-state index contributed by atoms with van der Waals surface area (Å²) in [6, 6.07) is 0. The summed E-state index contributed by atoms with van der Waals surface area (Å²) in [6.45, 7) is 22.1. The van der Waals surface area contributed by atoms with Crippen LogP contribution in [0.1, 0.15) is 230 Å². The van der Waals surface area contributed by atoms with E-state index >= 15 is 0 Å². The van der Waals surface area contributed by atoms with Crippen LogP contribution in [0.15, 0.2) is 0 Å². The van der Waals surface area contributed by atoms with Gasteiger partial charge in [-0.3, -0.25) is 19.2 Å². The summed E-state index contributed by atoms with van der Waals surface area (Å²) in [5, 5.41) is 10.6. The fourth-order valence-electron chi connectivity index (χ4n) is 13.7. The van der Waals surface area contributed by atoms with E-state index in [1.807, 2.05) is 55.4 Å². The van der Waals surface area contributed by atoms with Crippen molar-refractivity contribution in [2.75, 3.05) is 0 Å². The third kappa shape index (κ3) is 11.1. The first-order valence-electron chi connectivity index (χ1n) is 23.5. The quantitative estimate of drug-likeness (QED) is 0.168. The second-order valence-electron chi connectivity index (χ2n) is 23.8. The lowest BCUT2D eigenvalue weighted by Crippen LogP contribution is -2.61. The fourth-order valence-corrected chi connectivity index (χ4v) is 13.7. The molecule has 10 aliphatic carbocycles. The molecule has 0 aromatic rings. The molecule has 1 N–H and O–H groups in total. The van der Waals surface area contributed by atoms with E-state index in [1.54, 1.807) is 0 Å². The molecule has 11 rings (SSSR count). The fraction of sp³-hybridized carbons (Fsp3) is 0.927. The Balaban J connectivity index is 0.000000460. The minimum atomic E-state index is -0.555. The maximum absolute atomic E-state index is 12.6. The average molecular weight is 907 g/mol. The number of carbonyl (C=O) groups excluding carboxylic acids is 4. The van der Waals surface area contributed by atoms with Crippen molar-refractivity contribution in [3.05, 3.63) is 0 Å². The predicted octanol–water partition coefficient (Wildman–Crippen LogP) is 13.7. The van der Waals surface area contributed by atoms with Crippen LogP contribution in [0.2, 0.25) is 0 Å². The molecular formula is C55H102O9. The van der Waals surface area contributed by atoms with Crippen molar-refractivity contribution < 1.29 is 43.2 Å². The van der Waals surface area contributed by atoms with Crippen LogP contribution in [0.4, 0.5) is 0 Å². The summed E-state index contributed by atoms with van der Waals surface area (Å²) in [6.07, 6.45) is 17.6. The number of carbonyl (C=O) groups is 4.